The Bertz CT molecular complexity index is 923. The van der Waals surface area contributed by atoms with E-state index < -0.39 is 21.4 Å². The molecule has 0 heterocycles. The molecule has 3 aromatic carbocycles. The first kappa shape index (κ1) is 17.0. The SMILES string of the molecule is CC(C[C]1([Hf]([CH3])[CH3])C=Cc2cc3ccccc3cc21)c1ccccc1. The molecule has 0 saturated heterocycles. The van der Waals surface area contributed by atoms with E-state index in [4.69, 9.17) is 0 Å². The van der Waals surface area contributed by atoms with E-state index in [0.717, 1.165) is 0 Å². The van der Waals surface area contributed by atoms with E-state index in [1.165, 1.54) is 28.3 Å². The van der Waals surface area contributed by atoms with Crippen LogP contribution >= 0.6 is 0 Å². The van der Waals surface area contributed by atoms with Gasteiger partial charge in [-0.15, -0.1) is 0 Å². The summed E-state index contributed by atoms with van der Waals surface area (Å²) in [5, 5.41) is 2.74. The van der Waals surface area contributed by atoms with Gasteiger partial charge in [-0.3, -0.25) is 0 Å². The molecule has 0 aromatic heterocycles. The van der Waals surface area contributed by atoms with Crippen LogP contribution in [0.5, 0.6) is 0 Å². The van der Waals surface area contributed by atoms with Crippen LogP contribution in [0.25, 0.3) is 16.8 Å². The van der Waals surface area contributed by atoms with E-state index in [-0.39, 0.29) is 0 Å². The third kappa shape index (κ3) is 2.97. The molecular formula is C24H25Hf. The minimum absolute atomic E-state index is 0.333. The Morgan fingerprint density at radius 1 is 0.880 bits per heavy atom. The van der Waals surface area contributed by atoms with Crippen LogP contribution in [0.4, 0.5) is 0 Å². The van der Waals surface area contributed by atoms with E-state index in [0.29, 0.717) is 9.09 Å². The summed E-state index contributed by atoms with van der Waals surface area (Å²) < 4.78 is 5.49. The number of benzene rings is 3. The number of rotatable bonds is 4. The summed E-state index contributed by atoms with van der Waals surface area (Å²) in [6, 6.07) is 24.7. The molecule has 25 heavy (non-hydrogen) atoms. The summed E-state index contributed by atoms with van der Waals surface area (Å²) in [7, 11) is 0. The normalized spacial score (nSPS) is 19.8. The standard InChI is InChI=1S/C22H19.2CH3.Hf/c1-16(17-7-3-2-4-8-17)13-20-11-12-21-14-18-9-5-6-10-19(18)15-22(20)21;;;/h2-12,14-16H,13H2,1H3;2*1H3;. The van der Waals surface area contributed by atoms with Gasteiger partial charge in [0.2, 0.25) is 0 Å². The molecule has 0 aliphatic heterocycles. The van der Waals surface area contributed by atoms with Crippen molar-refractivity contribution in [2.24, 2.45) is 0 Å². The Morgan fingerprint density at radius 2 is 1.52 bits per heavy atom. The molecule has 3 aromatic rings. The Kier molecular flexibility index (Phi) is 4.54. The Labute approximate surface area is 159 Å². The van der Waals surface area contributed by atoms with Crippen molar-refractivity contribution in [2.45, 2.75) is 31.8 Å². The van der Waals surface area contributed by atoms with Gasteiger partial charge in [-0.1, -0.05) is 0 Å². The predicted molar refractivity (Wildman–Crippen MR) is 106 cm³/mol. The van der Waals surface area contributed by atoms with Crippen LogP contribution in [0, 0.1) is 0 Å². The van der Waals surface area contributed by atoms with E-state index >= 15 is 0 Å². The van der Waals surface area contributed by atoms with Crippen molar-refractivity contribution in [3.05, 3.63) is 89.5 Å². The fraction of sp³-hybridized carbons (Fsp3) is 0.250. The maximum atomic E-state index is 2.58. The topological polar surface area (TPSA) is 0 Å². The van der Waals surface area contributed by atoms with Crippen LogP contribution < -0.4 is 0 Å². The third-order valence-corrected chi connectivity index (χ3v) is 14.5. The second kappa shape index (κ2) is 6.68. The summed E-state index contributed by atoms with van der Waals surface area (Å²) in [6.07, 6.45) is 6.21. The van der Waals surface area contributed by atoms with Gasteiger partial charge in [-0.25, -0.2) is 0 Å². The molecule has 0 N–H and O–H groups in total. The third-order valence-electron chi connectivity index (χ3n) is 5.83. The van der Waals surface area contributed by atoms with Crippen molar-refractivity contribution in [3.63, 3.8) is 0 Å². The molecule has 0 nitrogen and oxygen atoms in total. The zero-order chi connectivity index (χ0) is 17.4. The van der Waals surface area contributed by atoms with Crippen LogP contribution in [0.2, 0.25) is 9.36 Å². The van der Waals surface area contributed by atoms with Gasteiger partial charge in [-0.2, -0.15) is 0 Å². The van der Waals surface area contributed by atoms with Crippen LogP contribution in [0.3, 0.4) is 0 Å². The molecule has 0 bridgehead atoms. The average molecular weight is 492 g/mol. The van der Waals surface area contributed by atoms with E-state index in [2.05, 4.69) is 95.2 Å². The summed E-state index contributed by atoms with van der Waals surface area (Å²) in [5.41, 5.74) is 4.52. The van der Waals surface area contributed by atoms with Crippen molar-refractivity contribution in [1.29, 1.82) is 0 Å². The summed E-state index contributed by atoms with van der Waals surface area (Å²) in [6.45, 7) is 2.40. The number of fused-ring (bicyclic) bond motifs is 2. The van der Waals surface area contributed by atoms with Crippen LogP contribution in [0.1, 0.15) is 36.0 Å². The van der Waals surface area contributed by atoms with Crippen LogP contribution in [-0.4, -0.2) is 0 Å². The summed E-state index contributed by atoms with van der Waals surface area (Å²) >= 11 is -1.75. The van der Waals surface area contributed by atoms with Gasteiger partial charge in [0.15, 0.2) is 0 Å². The molecule has 1 aliphatic rings. The van der Waals surface area contributed by atoms with Gasteiger partial charge >= 0.3 is 160 Å². The van der Waals surface area contributed by atoms with Crippen molar-refractivity contribution in [1.82, 2.24) is 0 Å². The van der Waals surface area contributed by atoms with Crippen molar-refractivity contribution < 1.29 is 21.4 Å². The predicted octanol–water partition coefficient (Wildman–Crippen LogP) is 6.97. The Hall–Kier alpha value is -1.47. The van der Waals surface area contributed by atoms with Gasteiger partial charge in [0.25, 0.3) is 0 Å². The van der Waals surface area contributed by atoms with Gasteiger partial charge in [-0.05, 0) is 0 Å². The van der Waals surface area contributed by atoms with Gasteiger partial charge in [0.05, 0.1) is 0 Å². The van der Waals surface area contributed by atoms with Gasteiger partial charge < -0.3 is 0 Å². The van der Waals surface area contributed by atoms with Gasteiger partial charge in [0, 0.05) is 0 Å². The first-order valence-electron chi connectivity index (χ1n) is 9.18. The molecule has 1 aliphatic carbocycles. The quantitative estimate of drug-likeness (QED) is 0.346. The first-order valence-corrected chi connectivity index (χ1v) is 18.2. The number of hydrogen-bond donors (Lipinski definition) is 0. The average Bonchev–Trinajstić information content (AvgIpc) is 2.99. The van der Waals surface area contributed by atoms with E-state index in [1.807, 2.05) is 0 Å². The second-order valence-corrected chi connectivity index (χ2v) is 18.0. The molecule has 2 unspecified atom stereocenters. The zero-order valence-electron chi connectivity index (χ0n) is 15.3. The van der Waals surface area contributed by atoms with Crippen molar-refractivity contribution in [3.8, 4) is 0 Å². The Morgan fingerprint density at radius 3 is 2.20 bits per heavy atom. The number of allylic oxidation sites excluding steroid dienone is 1. The minimum atomic E-state index is -1.75. The van der Waals surface area contributed by atoms with Crippen LogP contribution in [-0.2, 0) is 24.6 Å². The van der Waals surface area contributed by atoms with Crippen molar-refractivity contribution in [2.75, 3.05) is 0 Å². The molecule has 0 radical (unpaired) electrons. The summed E-state index contributed by atoms with van der Waals surface area (Å²) in [5.74, 6) is 0.586. The summed E-state index contributed by atoms with van der Waals surface area (Å²) in [4.78, 5) is 0. The maximum absolute atomic E-state index is 2.58. The van der Waals surface area contributed by atoms with E-state index in [1.54, 1.807) is 5.56 Å². The molecule has 0 fully saturated rings. The van der Waals surface area contributed by atoms with Gasteiger partial charge in [0.1, 0.15) is 0 Å². The molecular weight excluding hydrogens is 467 g/mol. The zero-order valence-corrected chi connectivity index (χ0v) is 18.9. The fourth-order valence-corrected chi connectivity index (χ4v) is 11.1. The second-order valence-electron chi connectivity index (χ2n) is 7.61. The monoisotopic (exact) mass is 493 g/mol. The van der Waals surface area contributed by atoms with Crippen LogP contribution in [0.15, 0.2) is 72.8 Å². The molecule has 0 saturated carbocycles. The molecule has 4 rings (SSSR count). The first-order chi connectivity index (χ1) is 12.1. The molecule has 0 amide bonds. The van der Waals surface area contributed by atoms with E-state index in [9.17, 15) is 0 Å². The molecule has 0 spiro atoms. The molecule has 1 heteroatoms. The number of hydrogen-bond acceptors (Lipinski definition) is 0. The molecule has 2 atom stereocenters. The Balaban J connectivity index is 1.79. The fourth-order valence-electron chi connectivity index (χ4n) is 4.30. The molecule has 125 valence electrons. The van der Waals surface area contributed by atoms with Crippen molar-refractivity contribution >= 4 is 16.8 Å².